The van der Waals surface area contributed by atoms with Crippen molar-refractivity contribution in [1.82, 2.24) is 4.90 Å². The van der Waals surface area contributed by atoms with Gasteiger partial charge in [0.2, 0.25) is 0 Å². The van der Waals surface area contributed by atoms with Crippen LogP contribution < -0.4 is 10.2 Å². The highest BCUT2D eigenvalue weighted by Gasteiger charge is 2.23. The van der Waals surface area contributed by atoms with Crippen molar-refractivity contribution in [3.05, 3.63) is 95.8 Å². The molecule has 0 atom stereocenters. The number of carbonyl (C=O) groups is 2. The maximum Gasteiger partial charge on any atom is 0.255 e. The van der Waals surface area contributed by atoms with Crippen molar-refractivity contribution in [1.29, 1.82) is 0 Å². The van der Waals surface area contributed by atoms with E-state index in [4.69, 9.17) is 0 Å². The van der Waals surface area contributed by atoms with Crippen LogP contribution >= 0.6 is 0 Å². The van der Waals surface area contributed by atoms with Crippen LogP contribution in [-0.2, 0) is 0 Å². The summed E-state index contributed by atoms with van der Waals surface area (Å²) in [5, 5.41) is 2.92. The van der Waals surface area contributed by atoms with Gasteiger partial charge in [-0.15, -0.1) is 0 Å². The standard InChI is InChI=1S/C24H22FN3O2/c25-20-12-10-18(11-13-20)23(29)26-21-8-4-5-9-22(21)27-14-16-28(17-15-27)24(30)19-6-2-1-3-7-19/h1-13H,14-17H2,(H,26,29). The van der Waals surface area contributed by atoms with Crippen LogP contribution in [-0.4, -0.2) is 42.9 Å². The van der Waals surface area contributed by atoms with Crippen molar-refractivity contribution < 1.29 is 14.0 Å². The van der Waals surface area contributed by atoms with Crippen LogP contribution in [0, 0.1) is 5.82 Å². The molecule has 1 fully saturated rings. The number of amides is 2. The quantitative estimate of drug-likeness (QED) is 0.715. The number of anilines is 2. The molecule has 6 heteroatoms. The number of nitrogens with zero attached hydrogens (tertiary/aromatic N) is 2. The van der Waals surface area contributed by atoms with Gasteiger partial charge in [-0.05, 0) is 48.5 Å². The minimum atomic E-state index is -0.380. The van der Waals surface area contributed by atoms with Gasteiger partial charge in [0.25, 0.3) is 11.8 Å². The van der Waals surface area contributed by atoms with Crippen LogP contribution in [0.1, 0.15) is 20.7 Å². The molecule has 0 aromatic heterocycles. The third-order valence-corrected chi connectivity index (χ3v) is 5.19. The maximum absolute atomic E-state index is 13.1. The van der Waals surface area contributed by atoms with Crippen molar-refractivity contribution in [2.24, 2.45) is 0 Å². The molecule has 3 aromatic carbocycles. The van der Waals surface area contributed by atoms with E-state index in [0.717, 1.165) is 5.69 Å². The topological polar surface area (TPSA) is 52.7 Å². The van der Waals surface area contributed by atoms with E-state index in [1.54, 1.807) is 0 Å². The Morgan fingerprint density at radius 1 is 0.733 bits per heavy atom. The fraction of sp³-hybridized carbons (Fsp3) is 0.167. The van der Waals surface area contributed by atoms with Crippen LogP contribution in [0.2, 0.25) is 0 Å². The van der Waals surface area contributed by atoms with Crippen molar-refractivity contribution in [3.8, 4) is 0 Å². The molecule has 1 aliphatic heterocycles. The number of hydrogen-bond acceptors (Lipinski definition) is 3. The monoisotopic (exact) mass is 403 g/mol. The van der Waals surface area contributed by atoms with Crippen molar-refractivity contribution in [3.63, 3.8) is 0 Å². The first kappa shape index (κ1) is 19.6. The summed E-state index contributed by atoms with van der Waals surface area (Å²) in [5.74, 6) is -0.636. The molecular formula is C24H22FN3O2. The Morgan fingerprint density at radius 3 is 2.07 bits per heavy atom. The average Bonchev–Trinajstić information content (AvgIpc) is 2.80. The summed E-state index contributed by atoms with van der Waals surface area (Å²) in [6, 6.07) is 22.3. The normalized spacial score (nSPS) is 13.8. The summed E-state index contributed by atoms with van der Waals surface area (Å²) >= 11 is 0. The van der Waals surface area contributed by atoms with Crippen molar-refractivity contribution >= 4 is 23.2 Å². The molecule has 1 saturated heterocycles. The van der Waals surface area contributed by atoms with E-state index in [-0.39, 0.29) is 17.6 Å². The minimum absolute atomic E-state index is 0.0353. The lowest BCUT2D eigenvalue weighted by Crippen LogP contribution is -2.49. The number of para-hydroxylation sites is 2. The molecule has 0 saturated carbocycles. The number of halogens is 1. The number of hydrogen-bond donors (Lipinski definition) is 1. The summed E-state index contributed by atoms with van der Waals surface area (Å²) in [6.07, 6.45) is 0. The molecule has 0 spiro atoms. The van der Waals surface area contributed by atoms with Crippen LogP contribution in [0.25, 0.3) is 0 Å². The van der Waals surface area contributed by atoms with Gasteiger partial charge in [0, 0.05) is 37.3 Å². The molecule has 0 bridgehead atoms. The van der Waals surface area contributed by atoms with E-state index in [1.165, 1.54) is 24.3 Å². The fourth-order valence-corrected chi connectivity index (χ4v) is 3.56. The highest BCUT2D eigenvalue weighted by molar-refractivity contribution is 6.06. The molecule has 4 rings (SSSR count). The predicted octanol–water partition coefficient (Wildman–Crippen LogP) is 4.04. The Morgan fingerprint density at radius 2 is 1.37 bits per heavy atom. The summed E-state index contributed by atoms with van der Waals surface area (Å²) in [5.41, 5.74) is 2.68. The Labute approximate surface area is 174 Å². The largest absolute Gasteiger partial charge is 0.366 e. The predicted molar refractivity (Wildman–Crippen MR) is 115 cm³/mol. The Balaban J connectivity index is 1.44. The molecule has 152 valence electrons. The molecule has 1 N–H and O–H groups in total. The molecule has 30 heavy (non-hydrogen) atoms. The smallest absolute Gasteiger partial charge is 0.255 e. The number of carbonyl (C=O) groups excluding carboxylic acids is 2. The average molecular weight is 403 g/mol. The molecule has 0 aliphatic carbocycles. The summed E-state index contributed by atoms with van der Waals surface area (Å²) in [7, 11) is 0. The van der Waals surface area contributed by atoms with Gasteiger partial charge in [-0.3, -0.25) is 9.59 Å². The third-order valence-electron chi connectivity index (χ3n) is 5.19. The first-order chi connectivity index (χ1) is 14.6. The van der Waals surface area contributed by atoms with Crippen molar-refractivity contribution in [2.75, 3.05) is 36.4 Å². The molecular weight excluding hydrogens is 381 g/mol. The van der Waals surface area contributed by atoms with Gasteiger partial charge in [0.1, 0.15) is 5.82 Å². The van der Waals surface area contributed by atoms with E-state index in [2.05, 4.69) is 10.2 Å². The fourth-order valence-electron chi connectivity index (χ4n) is 3.56. The summed E-state index contributed by atoms with van der Waals surface area (Å²) < 4.78 is 13.1. The van der Waals surface area contributed by atoms with E-state index in [9.17, 15) is 14.0 Å². The second-order valence-corrected chi connectivity index (χ2v) is 7.12. The molecule has 1 aliphatic rings. The zero-order chi connectivity index (χ0) is 20.9. The maximum atomic E-state index is 13.1. The van der Waals surface area contributed by atoms with Gasteiger partial charge >= 0.3 is 0 Å². The number of rotatable bonds is 4. The second kappa shape index (κ2) is 8.78. The van der Waals surface area contributed by atoms with Crippen LogP contribution in [0.4, 0.5) is 15.8 Å². The van der Waals surface area contributed by atoms with Crippen molar-refractivity contribution in [2.45, 2.75) is 0 Å². The Hall–Kier alpha value is -3.67. The number of nitrogens with one attached hydrogen (secondary N) is 1. The highest BCUT2D eigenvalue weighted by Crippen LogP contribution is 2.27. The van der Waals surface area contributed by atoms with E-state index >= 15 is 0 Å². The van der Waals surface area contributed by atoms with Gasteiger partial charge in [0.15, 0.2) is 0 Å². The molecule has 3 aromatic rings. The number of piperazine rings is 1. The molecule has 2 amide bonds. The van der Waals surface area contributed by atoms with E-state index in [0.29, 0.717) is 43.0 Å². The van der Waals surface area contributed by atoms with Gasteiger partial charge in [0.05, 0.1) is 11.4 Å². The SMILES string of the molecule is O=C(Nc1ccccc1N1CCN(C(=O)c2ccccc2)CC1)c1ccc(F)cc1. The molecule has 5 nitrogen and oxygen atoms in total. The third kappa shape index (κ3) is 4.33. The molecule has 0 unspecified atom stereocenters. The zero-order valence-corrected chi connectivity index (χ0v) is 16.4. The van der Waals surface area contributed by atoms with Gasteiger partial charge in [-0.2, -0.15) is 0 Å². The van der Waals surface area contributed by atoms with Crippen LogP contribution in [0.5, 0.6) is 0 Å². The van der Waals surface area contributed by atoms with Gasteiger partial charge in [-0.25, -0.2) is 4.39 Å². The van der Waals surface area contributed by atoms with Crippen LogP contribution in [0.15, 0.2) is 78.9 Å². The summed E-state index contributed by atoms with van der Waals surface area (Å²) in [6.45, 7) is 2.55. The first-order valence-electron chi connectivity index (χ1n) is 9.87. The van der Waals surface area contributed by atoms with Gasteiger partial charge < -0.3 is 15.1 Å². The summed E-state index contributed by atoms with van der Waals surface area (Å²) in [4.78, 5) is 29.2. The zero-order valence-electron chi connectivity index (χ0n) is 16.4. The van der Waals surface area contributed by atoms with E-state index < -0.39 is 0 Å². The lowest BCUT2D eigenvalue weighted by Gasteiger charge is -2.37. The van der Waals surface area contributed by atoms with Gasteiger partial charge in [-0.1, -0.05) is 30.3 Å². The van der Waals surface area contributed by atoms with E-state index in [1.807, 2.05) is 59.5 Å². The lowest BCUT2D eigenvalue weighted by molar-refractivity contribution is 0.0746. The molecule has 1 heterocycles. The molecule has 0 radical (unpaired) electrons. The van der Waals surface area contributed by atoms with Crippen LogP contribution in [0.3, 0.4) is 0 Å². The Bertz CT molecular complexity index is 1030. The lowest BCUT2D eigenvalue weighted by atomic mass is 10.1. The Kier molecular flexibility index (Phi) is 5.75. The second-order valence-electron chi connectivity index (χ2n) is 7.12. The number of benzene rings is 3. The first-order valence-corrected chi connectivity index (χ1v) is 9.87. The minimum Gasteiger partial charge on any atom is -0.366 e. The highest BCUT2D eigenvalue weighted by atomic mass is 19.1.